The number of nitrogens with one attached hydrogen (secondary N) is 2. The summed E-state index contributed by atoms with van der Waals surface area (Å²) in [6.07, 6.45) is 3.53. The zero-order valence-corrected chi connectivity index (χ0v) is 14.5. The minimum atomic E-state index is -0.385. The zero-order valence-electron chi connectivity index (χ0n) is 13.7. The van der Waals surface area contributed by atoms with Crippen molar-refractivity contribution in [2.75, 3.05) is 23.3 Å². The average Bonchev–Trinajstić information content (AvgIpc) is 2.62. The molecule has 0 unspecified atom stereocenters. The third-order valence-electron chi connectivity index (χ3n) is 4.87. The van der Waals surface area contributed by atoms with E-state index in [-0.39, 0.29) is 23.8 Å². The molecule has 25 heavy (non-hydrogen) atoms. The minimum absolute atomic E-state index is 0.153. The molecule has 1 fully saturated rings. The van der Waals surface area contributed by atoms with Gasteiger partial charge in [-0.2, -0.15) is 4.98 Å². The molecule has 1 amide bonds. The molecule has 2 aliphatic heterocycles. The molecular formula is C18H19ClN4O2. The molecule has 2 aliphatic rings. The van der Waals surface area contributed by atoms with Gasteiger partial charge in [-0.3, -0.25) is 14.6 Å². The first-order valence-corrected chi connectivity index (χ1v) is 8.94. The number of hydrogen-bond donors (Lipinski definition) is 2. The zero-order chi connectivity index (χ0) is 17.4. The van der Waals surface area contributed by atoms with E-state index >= 15 is 0 Å². The molecular weight excluding hydrogens is 340 g/mol. The van der Waals surface area contributed by atoms with Crippen LogP contribution in [-0.4, -0.2) is 29.0 Å². The Kier molecular flexibility index (Phi) is 4.21. The van der Waals surface area contributed by atoms with Crippen molar-refractivity contribution in [1.82, 2.24) is 9.97 Å². The van der Waals surface area contributed by atoms with E-state index in [0.717, 1.165) is 31.5 Å². The Morgan fingerprint density at radius 2 is 1.88 bits per heavy atom. The predicted molar refractivity (Wildman–Crippen MR) is 97.5 cm³/mol. The van der Waals surface area contributed by atoms with E-state index in [9.17, 15) is 9.59 Å². The lowest BCUT2D eigenvalue weighted by Crippen LogP contribution is -2.36. The van der Waals surface area contributed by atoms with E-state index in [4.69, 9.17) is 11.6 Å². The van der Waals surface area contributed by atoms with Crippen LogP contribution < -0.4 is 15.8 Å². The number of carbonyl (C=O) groups excluding carboxylic acids is 1. The van der Waals surface area contributed by atoms with Gasteiger partial charge in [-0.15, -0.1) is 0 Å². The van der Waals surface area contributed by atoms with Crippen molar-refractivity contribution in [2.24, 2.45) is 0 Å². The Bertz CT molecular complexity index is 874. The number of nitrogens with zero attached hydrogens (tertiary/aromatic N) is 2. The fourth-order valence-corrected chi connectivity index (χ4v) is 3.91. The Morgan fingerprint density at radius 1 is 1.12 bits per heavy atom. The topological polar surface area (TPSA) is 78.1 Å². The number of amides is 1. The maximum absolute atomic E-state index is 12.8. The van der Waals surface area contributed by atoms with E-state index in [1.165, 1.54) is 6.42 Å². The van der Waals surface area contributed by atoms with Crippen LogP contribution in [0, 0.1) is 0 Å². The summed E-state index contributed by atoms with van der Waals surface area (Å²) in [5.41, 5.74) is 1.04. The quantitative estimate of drug-likeness (QED) is 0.865. The van der Waals surface area contributed by atoms with E-state index in [1.807, 2.05) is 18.2 Å². The van der Waals surface area contributed by atoms with E-state index in [0.29, 0.717) is 22.4 Å². The first-order chi connectivity index (χ1) is 12.1. The minimum Gasteiger partial charge on any atom is -0.342 e. The summed E-state index contributed by atoms with van der Waals surface area (Å²) >= 11 is 6.30. The molecule has 0 bridgehead atoms. The van der Waals surface area contributed by atoms with Gasteiger partial charge >= 0.3 is 0 Å². The van der Waals surface area contributed by atoms with Gasteiger partial charge in [-0.25, -0.2) is 0 Å². The summed E-state index contributed by atoms with van der Waals surface area (Å²) in [4.78, 5) is 34.5. The van der Waals surface area contributed by atoms with Gasteiger partial charge in [-0.05, 0) is 30.9 Å². The van der Waals surface area contributed by atoms with E-state index in [2.05, 4.69) is 20.2 Å². The summed E-state index contributed by atoms with van der Waals surface area (Å²) in [7, 11) is 0. The SMILES string of the molecule is O=C1C[C@@H](c2ccccc2Cl)c2c(nc(N3CCCCC3)[nH]c2=O)N1. The Morgan fingerprint density at radius 3 is 2.64 bits per heavy atom. The smallest absolute Gasteiger partial charge is 0.258 e. The molecule has 0 spiro atoms. The highest BCUT2D eigenvalue weighted by Gasteiger charge is 2.32. The third kappa shape index (κ3) is 3.02. The molecule has 1 saturated heterocycles. The summed E-state index contributed by atoms with van der Waals surface area (Å²) < 4.78 is 0. The molecule has 1 aromatic carbocycles. The van der Waals surface area contributed by atoms with Gasteiger partial charge in [0, 0.05) is 30.5 Å². The number of piperidine rings is 1. The highest BCUT2D eigenvalue weighted by molar-refractivity contribution is 6.31. The summed E-state index contributed by atoms with van der Waals surface area (Å²) in [5.74, 6) is 0.346. The number of halogens is 1. The van der Waals surface area contributed by atoms with Crippen LogP contribution in [0.5, 0.6) is 0 Å². The molecule has 2 aromatic rings. The number of hydrogen-bond acceptors (Lipinski definition) is 4. The van der Waals surface area contributed by atoms with Gasteiger partial charge in [0.2, 0.25) is 11.9 Å². The maximum Gasteiger partial charge on any atom is 0.258 e. The monoisotopic (exact) mass is 358 g/mol. The first-order valence-electron chi connectivity index (χ1n) is 8.57. The number of aromatic amines is 1. The van der Waals surface area contributed by atoms with Crippen LogP contribution >= 0.6 is 11.6 Å². The molecule has 2 N–H and O–H groups in total. The molecule has 130 valence electrons. The van der Waals surface area contributed by atoms with Gasteiger partial charge in [0.25, 0.3) is 5.56 Å². The van der Waals surface area contributed by atoms with Crippen LogP contribution in [0.1, 0.15) is 42.7 Å². The Balaban J connectivity index is 1.80. The summed E-state index contributed by atoms with van der Waals surface area (Å²) in [6, 6.07) is 7.31. The van der Waals surface area contributed by atoms with Gasteiger partial charge in [0.05, 0.1) is 5.56 Å². The molecule has 7 heteroatoms. The normalized spacial score (nSPS) is 20.1. The van der Waals surface area contributed by atoms with Crippen molar-refractivity contribution in [1.29, 1.82) is 0 Å². The standard InChI is InChI=1S/C18H19ClN4O2/c19-13-7-3-2-6-11(13)12-10-14(24)20-16-15(12)17(25)22-18(21-16)23-8-4-1-5-9-23/h2-3,6-7,12H,1,4-5,8-10H2,(H2,20,21,22,24,25)/t12-/m0/s1. The molecule has 0 saturated carbocycles. The van der Waals surface area contributed by atoms with Crippen LogP contribution in [0.2, 0.25) is 5.02 Å². The van der Waals surface area contributed by atoms with Gasteiger partial charge < -0.3 is 10.2 Å². The van der Waals surface area contributed by atoms with Crippen LogP contribution in [0.25, 0.3) is 0 Å². The van der Waals surface area contributed by atoms with Crippen LogP contribution in [0.3, 0.4) is 0 Å². The third-order valence-corrected chi connectivity index (χ3v) is 5.22. The predicted octanol–water partition coefficient (Wildman–Crippen LogP) is 2.89. The highest BCUT2D eigenvalue weighted by atomic mass is 35.5. The van der Waals surface area contributed by atoms with Crippen molar-refractivity contribution >= 4 is 29.3 Å². The number of carbonyl (C=O) groups is 1. The van der Waals surface area contributed by atoms with Crippen LogP contribution in [0.4, 0.5) is 11.8 Å². The van der Waals surface area contributed by atoms with Gasteiger partial charge in [0.15, 0.2) is 0 Å². The number of H-pyrrole nitrogens is 1. The van der Waals surface area contributed by atoms with Crippen LogP contribution in [0.15, 0.2) is 29.1 Å². The number of rotatable bonds is 2. The highest BCUT2D eigenvalue weighted by Crippen LogP contribution is 2.37. The number of benzene rings is 1. The Hall–Kier alpha value is -2.34. The molecule has 1 aromatic heterocycles. The maximum atomic E-state index is 12.8. The number of anilines is 2. The second kappa shape index (κ2) is 6.52. The lowest BCUT2D eigenvalue weighted by molar-refractivity contribution is -0.116. The lowest BCUT2D eigenvalue weighted by Gasteiger charge is -2.30. The molecule has 0 aliphatic carbocycles. The second-order valence-electron chi connectivity index (χ2n) is 6.53. The lowest BCUT2D eigenvalue weighted by atomic mass is 9.87. The molecule has 4 rings (SSSR count). The fraction of sp³-hybridized carbons (Fsp3) is 0.389. The second-order valence-corrected chi connectivity index (χ2v) is 6.93. The van der Waals surface area contributed by atoms with Crippen molar-refractivity contribution in [3.8, 4) is 0 Å². The Labute approximate surface area is 150 Å². The van der Waals surface area contributed by atoms with Crippen molar-refractivity contribution in [3.63, 3.8) is 0 Å². The molecule has 3 heterocycles. The van der Waals surface area contributed by atoms with Crippen LogP contribution in [-0.2, 0) is 4.79 Å². The van der Waals surface area contributed by atoms with Gasteiger partial charge in [0.1, 0.15) is 5.82 Å². The van der Waals surface area contributed by atoms with E-state index in [1.54, 1.807) is 6.07 Å². The molecule has 0 radical (unpaired) electrons. The fourth-order valence-electron chi connectivity index (χ4n) is 3.64. The van der Waals surface area contributed by atoms with Crippen molar-refractivity contribution in [2.45, 2.75) is 31.6 Å². The average molecular weight is 359 g/mol. The van der Waals surface area contributed by atoms with Crippen molar-refractivity contribution < 1.29 is 4.79 Å². The molecule has 6 nitrogen and oxygen atoms in total. The summed E-state index contributed by atoms with van der Waals surface area (Å²) in [5, 5.41) is 3.31. The number of fused-ring (bicyclic) bond motifs is 1. The molecule has 1 atom stereocenters. The number of aromatic nitrogens is 2. The largest absolute Gasteiger partial charge is 0.342 e. The first kappa shape index (κ1) is 16.1. The van der Waals surface area contributed by atoms with E-state index < -0.39 is 0 Å². The summed E-state index contributed by atoms with van der Waals surface area (Å²) in [6.45, 7) is 1.73. The van der Waals surface area contributed by atoms with Crippen molar-refractivity contribution in [3.05, 3.63) is 50.8 Å². The van der Waals surface area contributed by atoms with Gasteiger partial charge in [-0.1, -0.05) is 29.8 Å².